The van der Waals surface area contributed by atoms with Crippen LogP contribution in [0.2, 0.25) is 5.02 Å². The van der Waals surface area contributed by atoms with Crippen molar-refractivity contribution in [2.45, 2.75) is 38.2 Å². The Balaban J connectivity index is 1.43. The van der Waals surface area contributed by atoms with Gasteiger partial charge in [0.05, 0.1) is 10.6 Å². The van der Waals surface area contributed by atoms with Crippen molar-refractivity contribution in [1.29, 1.82) is 0 Å². The SMILES string of the molecule is NC(=O)c1c(NC(=O)C2CC2)sc2c1CCC(OC(=O)Nc1ccc(F)c(Cl)c1)C2. The highest BCUT2D eigenvalue weighted by atomic mass is 35.5. The lowest BCUT2D eigenvalue weighted by Crippen LogP contribution is -2.28. The zero-order chi connectivity index (χ0) is 21.4. The third-order valence-electron chi connectivity index (χ3n) is 5.09. The van der Waals surface area contributed by atoms with E-state index in [1.165, 1.54) is 23.5 Å². The van der Waals surface area contributed by atoms with E-state index >= 15 is 0 Å². The summed E-state index contributed by atoms with van der Waals surface area (Å²) in [7, 11) is 0. The van der Waals surface area contributed by atoms with Gasteiger partial charge in [-0.05, 0) is 49.4 Å². The Morgan fingerprint density at radius 1 is 1.20 bits per heavy atom. The molecule has 0 saturated heterocycles. The third kappa shape index (κ3) is 4.41. The van der Waals surface area contributed by atoms with Crippen LogP contribution in [0.25, 0.3) is 0 Å². The van der Waals surface area contributed by atoms with Crippen molar-refractivity contribution in [3.63, 3.8) is 0 Å². The number of fused-ring (bicyclic) bond motifs is 1. The van der Waals surface area contributed by atoms with E-state index in [2.05, 4.69) is 10.6 Å². The molecule has 1 aromatic heterocycles. The predicted octanol–water partition coefficient (Wildman–Crippen LogP) is 4.09. The van der Waals surface area contributed by atoms with Crippen molar-refractivity contribution in [1.82, 2.24) is 0 Å². The highest BCUT2D eigenvalue weighted by Gasteiger charge is 2.33. The number of amides is 3. The van der Waals surface area contributed by atoms with Crippen LogP contribution in [-0.2, 0) is 22.4 Å². The molecule has 1 atom stereocenters. The molecule has 2 aromatic rings. The second kappa shape index (κ2) is 8.23. The first-order chi connectivity index (χ1) is 14.3. The third-order valence-corrected chi connectivity index (χ3v) is 6.55. The Kier molecular flexibility index (Phi) is 5.66. The lowest BCUT2D eigenvalue weighted by molar-refractivity contribution is -0.117. The van der Waals surface area contributed by atoms with Crippen molar-refractivity contribution >= 4 is 51.5 Å². The van der Waals surface area contributed by atoms with Gasteiger partial charge in [0.15, 0.2) is 0 Å². The Morgan fingerprint density at radius 3 is 2.63 bits per heavy atom. The Hall–Kier alpha value is -2.65. The summed E-state index contributed by atoms with van der Waals surface area (Å²) in [5, 5.41) is 5.71. The predicted molar refractivity (Wildman–Crippen MR) is 112 cm³/mol. The van der Waals surface area contributed by atoms with Gasteiger partial charge in [0.25, 0.3) is 5.91 Å². The maximum Gasteiger partial charge on any atom is 0.411 e. The number of thiophene rings is 1. The number of anilines is 2. The maximum atomic E-state index is 13.2. The van der Waals surface area contributed by atoms with Gasteiger partial charge in [-0.15, -0.1) is 11.3 Å². The molecule has 0 bridgehead atoms. The molecule has 0 spiro atoms. The molecular formula is C20H19ClFN3O4S. The molecular weight excluding hydrogens is 433 g/mol. The molecule has 158 valence electrons. The Labute approximate surface area is 180 Å². The van der Waals surface area contributed by atoms with Gasteiger partial charge in [-0.3, -0.25) is 14.9 Å². The molecule has 30 heavy (non-hydrogen) atoms. The number of rotatable bonds is 5. The van der Waals surface area contributed by atoms with Crippen molar-refractivity contribution in [2.75, 3.05) is 10.6 Å². The molecule has 2 aliphatic carbocycles. The first-order valence-electron chi connectivity index (χ1n) is 9.49. The molecule has 4 rings (SSSR count). The summed E-state index contributed by atoms with van der Waals surface area (Å²) in [6.45, 7) is 0. The summed E-state index contributed by atoms with van der Waals surface area (Å²) in [6.07, 6.45) is 2.05. The summed E-state index contributed by atoms with van der Waals surface area (Å²) in [5.41, 5.74) is 7.04. The van der Waals surface area contributed by atoms with Crippen LogP contribution in [0.5, 0.6) is 0 Å². The molecule has 7 nitrogen and oxygen atoms in total. The smallest absolute Gasteiger partial charge is 0.411 e. The molecule has 2 aliphatic rings. The van der Waals surface area contributed by atoms with Crippen molar-refractivity contribution in [3.8, 4) is 0 Å². The van der Waals surface area contributed by atoms with Crippen LogP contribution in [-0.4, -0.2) is 24.0 Å². The highest BCUT2D eigenvalue weighted by Crippen LogP contribution is 2.40. The second-order valence-electron chi connectivity index (χ2n) is 7.36. The summed E-state index contributed by atoms with van der Waals surface area (Å²) < 4.78 is 18.7. The normalized spacial score (nSPS) is 17.7. The summed E-state index contributed by atoms with van der Waals surface area (Å²) in [5.74, 6) is -1.25. The van der Waals surface area contributed by atoms with Gasteiger partial charge in [0.2, 0.25) is 5.91 Å². The fraction of sp³-hybridized carbons (Fsp3) is 0.350. The molecule has 1 saturated carbocycles. The largest absolute Gasteiger partial charge is 0.446 e. The van der Waals surface area contributed by atoms with E-state index in [1.807, 2.05) is 0 Å². The van der Waals surface area contributed by atoms with Crippen molar-refractivity contribution in [3.05, 3.63) is 45.0 Å². The van der Waals surface area contributed by atoms with E-state index in [1.54, 1.807) is 0 Å². The number of hydrogen-bond acceptors (Lipinski definition) is 5. The van der Waals surface area contributed by atoms with E-state index in [4.69, 9.17) is 22.1 Å². The monoisotopic (exact) mass is 451 g/mol. The van der Waals surface area contributed by atoms with E-state index in [9.17, 15) is 18.8 Å². The first kappa shape index (κ1) is 20.6. The molecule has 1 unspecified atom stereocenters. The minimum Gasteiger partial charge on any atom is -0.446 e. The molecule has 3 amide bonds. The number of benzene rings is 1. The van der Waals surface area contributed by atoms with Crippen LogP contribution in [0.15, 0.2) is 18.2 Å². The number of halogens is 2. The quantitative estimate of drug-likeness (QED) is 0.635. The zero-order valence-corrected chi connectivity index (χ0v) is 17.4. The number of nitrogens with two attached hydrogens (primary N) is 1. The molecule has 1 heterocycles. The van der Waals surface area contributed by atoms with Gasteiger partial charge in [-0.2, -0.15) is 0 Å². The van der Waals surface area contributed by atoms with Gasteiger partial charge >= 0.3 is 6.09 Å². The molecule has 1 fully saturated rings. The van der Waals surface area contributed by atoms with E-state index in [-0.39, 0.29) is 16.8 Å². The second-order valence-corrected chi connectivity index (χ2v) is 8.87. The van der Waals surface area contributed by atoms with E-state index in [0.717, 1.165) is 29.3 Å². The summed E-state index contributed by atoms with van der Waals surface area (Å²) >= 11 is 7.01. The average Bonchev–Trinajstić information content (AvgIpc) is 3.46. The van der Waals surface area contributed by atoms with Gasteiger partial charge in [-0.25, -0.2) is 9.18 Å². The first-order valence-corrected chi connectivity index (χ1v) is 10.7. The van der Waals surface area contributed by atoms with Crippen molar-refractivity contribution < 1.29 is 23.5 Å². The van der Waals surface area contributed by atoms with E-state index < -0.39 is 23.9 Å². The number of carbonyl (C=O) groups excluding carboxylic acids is 3. The van der Waals surface area contributed by atoms with Gasteiger partial charge in [0.1, 0.15) is 16.9 Å². The fourth-order valence-electron chi connectivity index (χ4n) is 3.44. The maximum absolute atomic E-state index is 13.2. The standard InChI is InChI=1S/C20H19ClFN3O4S/c21-13-7-10(3-6-14(13)22)24-20(28)29-11-4-5-12-15(8-11)30-19(16(12)17(23)26)25-18(27)9-1-2-9/h3,6-7,9,11H,1-2,4-5,8H2,(H2,23,26)(H,24,28)(H,25,27). The topological polar surface area (TPSA) is 111 Å². The fourth-order valence-corrected chi connectivity index (χ4v) is 4.94. The molecule has 0 aliphatic heterocycles. The van der Waals surface area contributed by atoms with Gasteiger partial charge < -0.3 is 15.8 Å². The Bertz CT molecular complexity index is 1040. The van der Waals surface area contributed by atoms with Crippen LogP contribution in [0.3, 0.4) is 0 Å². The lowest BCUT2D eigenvalue weighted by Gasteiger charge is -2.22. The number of primary amides is 1. The summed E-state index contributed by atoms with van der Waals surface area (Å²) in [6, 6.07) is 3.83. The van der Waals surface area contributed by atoms with Crippen molar-refractivity contribution in [2.24, 2.45) is 11.7 Å². The van der Waals surface area contributed by atoms with Crippen LogP contribution >= 0.6 is 22.9 Å². The zero-order valence-electron chi connectivity index (χ0n) is 15.8. The molecule has 0 radical (unpaired) electrons. The van der Waals surface area contributed by atoms with Gasteiger partial charge in [0, 0.05) is 22.9 Å². The number of ether oxygens (including phenoxy) is 1. The molecule has 1 aromatic carbocycles. The highest BCUT2D eigenvalue weighted by molar-refractivity contribution is 7.17. The molecule has 4 N–H and O–H groups in total. The number of hydrogen-bond donors (Lipinski definition) is 3. The summed E-state index contributed by atoms with van der Waals surface area (Å²) in [4.78, 5) is 37.2. The van der Waals surface area contributed by atoms with Gasteiger partial charge in [-0.1, -0.05) is 11.6 Å². The van der Waals surface area contributed by atoms with Crippen LogP contribution in [0.1, 0.15) is 40.1 Å². The van der Waals surface area contributed by atoms with Crippen LogP contribution in [0, 0.1) is 11.7 Å². The lowest BCUT2D eigenvalue weighted by atomic mass is 9.93. The average molecular weight is 452 g/mol. The van der Waals surface area contributed by atoms with Crippen LogP contribution in [0.4, 0.5) is 19.9 Å². The number of nitrogens with one attached hydrogen (secondary N) is 2. The molecule has 10 heteroatoms. The Morgan fingerprint density at radius 2 is 1.97 bits per heavy atom. The minimum absolute atomic E-state index is 0.00426. The minimum atomic E-state index is -0.680. The number of carbonyl (C=O) groups is 3. The van der Waals surface area contributed by atoms with E-state index in [0.29, 0.717) is 35.5 Å². The van der Waals surface area contributed by atoms with Crippen LogP contribution < -0.4 is 16.4 Å².